The summed E-state index contributed by atoms with van der Waals surface area (Å²) in [5, 5.41) is 3.55. The van der Waals surface area contributed by atoms with Crippen molar-refractivity contribution in [1.29, 1.82) is 0 Å². The minimum Gasteiger partial charge on any atom is -0.493 e. The van der Waals surface area contributed by atoms with Crippen LogP contribution in [-0.4, -0.2) is 73.3 Å². The molecule has 4 rings (SSSR count). The summed E-state index contributed by atoms with van der Waals surface area (Å²) in [6.45, 7) is 2.98. The molecule has 8 nitrogen and oxygen atoms in total. The van der Waals surface area contributed by atoms with E-state index in [0.29, 0.717) is 73.3 Å². The summed E-state index contributed by atoms with van der Waals surface area (Å²) in [4.78, 5) is 39.8. The van der Waals surface area contributed by atoms with Gasteiger partial charge in [-0.2, -0.15) is 0 Å². The molecule has 1 N–H and O–H groups in total. The average molecular weight is 458 g/mol. The number of fused-ring (bicyclic) bond motifs is 1. The lowest BCUT2D eigenvalue weighted by Gasteiger charge is -2.34. The lowest BCUT2D eigenvalue weighted by Crippen LogP contribution is -2.50. The lowest BCUT2D eigenvalue weighted by atomic mass is 10.1. The van der Waals surface area contributed by atoms with Gasteiger partial charge >= 0.3 is 0 Å². The zero-order chi connectivity index (χ0) is 22.5. The predicted octanol–water partition coefficient (Wildman–Crippen LogP) is 2.47. The summed E-state index contributed by atoms with van der Waals surface area (Å²) >= 11 is 5.85. The topological polar surface area (TPSA) is 88.2 Å². The molecule has 1 unspecified atom stereocenters. The number of ether oxygens (including phenoxy) is 2. The molecule has 0 radical (unpaired) electrons. The number of nitrogens with zero attached hydrogens (tertiary/aromatic N) is 2. The van der Waals surface area contributed by atoms with E-state index in [4.69, 9.17) is 21.1 Å². The Labute approximate surface area is 191 Å². The van der Waals surface area contributed by atoms with Gasteiger partial charge in [0.15, 0.2) is 12.1 Å². The Hall–Kier alpha value is -3.10. The zero-order valence-electron chi connectivity index (χ0n) is 17.5. The van der Waals surface area contributed by atoms with E-state index in [2.05, 4.69) is 5.32 Å². The quantitative estimate of drug-likeness (QED) is 0.481. The van der Waals surface area contributed by atoms with Crippen LogP contribution in [0.2, 0.25) is 5.02 Å². The normalized spacial score (nSPS) is 17.8. The number of carbonyl (C=O) groups excluding carboxylic acids is 3. The second-order valence-electron chi connectivity index (χ2n) is 7.66. The molecule has 168 valence electrons. The van der Waals surface area contributed by atoms with Gasteiger partial charge in [0.2, 0.25) is 12.1 Å². The van der Waals surface area contributed by atoms with E-state index in [9.17, 15) is 14.4 Å². The molecule has 9 heteroatoms. The molecule has 1 amide bonds. The molecule has 2 heterocycles. The summed E-state index contributed by atoms with van der Waals surface area (Å²) in [6, 6.07) is 12.2. The van der Waals surface area contributed by atoms with Gasteiger partial charge in [0.25, 0.3) is 0 Å². The van der Waals surface area contributed by atoms with Crippen LogP contribution in [0.3, 0.4) is 0 Å². The van der Waals surface area contributed by atoms with Crippen LogP contribution < -0.4 is 14.8 Å². The number of hydrogen-bond donors (Lipinski definition) is 1. The number of ketones is 1. The van der Waals surface area contributed by atoms with Crippen LogP contribution in [0.15, 0.2) is 42.5 Å². The van der Waals surface area contributed by atoms with Gasteiger partial charge in [0.1, 0.15) is 11.5 Å². The number of Topliss-reactive ketones (excluding diaryl/α,β-unsaturated/α-hetero) is 1. The fourth-order valence-electron chi connectivity index (χ4n) is 3.69. The first-order valence-corrected chi connectivity index (χ1v) is 10.8. The monoisotopic (exact) mass is 457 g/mol. The third-order valence-electron chi connectivity index (χ3n) is 5.47. The molecule has 0 saturated carbocycles. The molecule has 1 saturated heterocycles. The molecule has 32 heavy (non-hydrogen) atoms. The maximum atomic E-state index is 12.7. The lowest BCUT2D eigenvalue weighted by molar-refractivity contribution is -0.133. The van der Waals surface area contributed by atoms with E-state index in [0.717, 1.165) is 0 Å². The molecule has 0 aromatic heterocycles. The van der Waals surface area contributed by atoms with Crippen LogP contribution >= 0.6 is 11.6 Å². The Morgan fingerprint density at radius 3 is 2.59 bits per heavy atom. The van der Waals surface area contributed by atoms with E-state index in [1.807, 2.05) is 4.90 Å². The number of piperazine rings is 1. The fourth-order valence-corrected chi connectivity index (χ4v) is 3.81. The average Bonchev–Trinajstić information content (AvgIpc) is 3.23. The molecule has 1 atom stereocenters. The summed E-state index contributed by atoms with van der Waals surface area (Å²) in [7, 11) is 0. The van der Waals surface area contributed by atoms with Gasteiger partial charge in [-0.15, -0.1) is 0 Å². The maximum Gasteiger partial charge on any atom is 0.226 e. The number of anilines is 1. The Morgan fingerprint density at radius 2 is 1.88 bits per heavy atom. The number of halogens is 1. The van der Waals surface area contributed by atoms with Crippen LogP contribution in [0.4, 0.5) is 5.69 Å². The van der Waals surface area contributed by atoms with Crippen molar-refractivity contribution >= 4 is 35.3 Å². The molecule has 0 aliphatic carbocycles. The Bertz CT molecular complexity index is 990. The van der Waals surface area contributed by atoms with Gasteiger partial charge in [0.05, 0.1) is 25.3 Å². The summed E-state index contributed by atoms with van der Waals surface area (Å²) < 4.78 is 11.0. The SMILES string of the molecule is O=CC1Nc2ccc(C(=O)CN3CCN(C(=O)CCOc4ccc(Cl)cc4)CC3)cc2O1. The highest BCUT2D eigenvalue weighted by molar-refractivity contribution is 6.30. The molecule has 0 spiro atoms. The summed E-state index contributed by atoms with van der Waals surface area (Å²) in [5.41, 5.74) is 1.24. The van der Waals surface area contributed by atoms with Gasteiger partial charge in [-0.1, -0.05) is 11.6 Å². The second-order valence-corrected chi connectivity index (χ2v) is 8.10. The third-order valence-corrected chi connectivity index (χ3v) is 5.72. The standard InChI is InChI=1S/C23H24ClN3O5/c24-17-2-4-18(5-3-17)31-12-7-23(30)27-10-8-26(9-11-27)14-20(29)16-1-6-19-21(13-16)32-22(15-28)25-19/h1-6,13,15,22,25H,7-12,14H2. The van der Waals surface area contributed by atoms with Crippen molar-refractivity contribution < 1.29 is 23.9 Å². The molecular weight excluding hydrogens is 434 g/mol. The molecule has 0 bridgehead atoms. The zero-order valence-corrected chi connectivity index (χ0v) is 18.2. The van der Waals surface area contributed by atoms with E-state index in [-0.39, 0.29) is 18.2 Å². The van der Waals surface area contributed by atoms with Crippen LogP contribution in [0.1, 0.15) is 16.8 Å². The molecule has 2 aromatic carbocycles. The van der Waals surface area contributed by atoms with Crippen molar-refractivity contribution in [3.63, 3.8) is 0 Å². The van der Waals surface area contributed by atoms with Crippen molar-refractivity contribution in [2.24, 2.45) is 0 Å². The van der Waals surface area contributed by atoms with E-state index >= 15 is 0 Å². The van der Waals surface area contributed by atoms with Crippen molar-refractivity contribution in [2.45, 2.75) is 12.6 Å². The number of carbonyl (C=O) groups is 3. The first kappa shape index (κ1) is 22.1. The third kappa shape index (κ3) is 5.38. The molecule has 2 aliphatic rings. The predicted molar refractivity (Wildman–Crippen MR) is 119 cm³/mol. The first-order valence-electron chi connectivity index (χ1n) is 10.5. The highest BCUT2D eigenvalue weighted by atomic mass is 35.5. The van der Waals surface area contributed by atoms with Crippen molar-refractivity contribution in [1.82, 2.24) is 9.80 Å². The fraction of sp³-hybridized carbons (Fsp3) is 0.348. The van der Waals surface area contributed by atoms with Gasteiger partial charge in [-0.05, 0) is 42.5 Å². The van der Waals surface area contributed by atoms with Gasteiger partial charge in [-0.3, -0.25) is 19.3 Å². The van der Waals surface area contributed by atoms with Crippen LogP contribution in [0.5, 0.6) is 11.5 Å². The van der Waals surface area contributed by atoms with Crippen molar-refractivity contribution in [3.8, 4) is 11.5 Å². The minimum atomic E-state index is -0.711. The maximum absolute atomic E-state index is 12.7. The van der Waals surface area contributed by atoms with Gasteiger partial charge < -0.3 is 19.7 Å². The van der Waals surface area contributed by atoms with Crippen LogP contribution in [0, 0.1) is 0 Å². The van der Waals surface area contributed by atoms with Crippen molar-refractivity contribution in [2.75, 3.05) is 44.6 Å². The second kappa shape index (κ2) is 10.0. The Balaban J connectivity index is 1.20. The molecule has 2 aliphatic heterocycles. The van der Waals surface area contributed by atoms with Gasteiger partial charge in [-0.25, -0.2) is 0 Å². The summed E-state index contributed by atoms with van der Waals surface area (Å²) in [5.74, 6) is 1.20. The van der Waals surface area contributed by atoms with Gasteiger partial charge in [0, 0.05) is 36.8 Å². The Kier molecular flexibility index (Phi) is 6.92. The Morgan fingerprint density at radius 1 is 1.12 bits per heavy atom. The van der Waals surface area contributed by atoms with E-state index < -0.39 is 6.23 Å². The number of hydrogen-bond acceptors (Lipinski definition) is 7. The number of amides is 1. The largest absolute Gasteiger partial charge is 0.493 e. The first-order chi connectivity index (χ1) is 15.5. The molecule has 1 fully saturated rings. The molecule has 2 aromatic rings. The van der Waals surface area contributed by atoms with E-state index in [1.54, 1.807) is 47.4 Å². The summed E-state index contributed by atoms with van der Waals surface area (Å²) in [6.07, 6.45) is 0.260. The number of aldehydes is 1. The van der Waals surface area contributed by atoms with Crippen LogP contribution in [-0.2, 0) is 9.59 Å². The number of benzene rings is 2. The molecular formula is C23H24ClN3O5. The number of rotatable bonds is 8. The minimum absolute atomic E-state index is 0.0258. The highest BCUT2D eigenvalue weighted by Gasteiger charge is 2.25. The number of nitrogens with one attached hydrogen (secondary N) is 1. The van der Waals surface area contributed by atoms with Crippen LogP contribution in [0.25, 0.3) is 0 Å². The van der Waals surface area contributed by atoms with Crippen molar-refractivity contribution in [3.05, 3.63) is 53.1 Å². The highest BCUT2D eigenvalue weighted by Crippen LogP contribution is 2.32. The van der Waals surface area contributed by atoms with E-state index in [1.165, 1.54) is 0 Å². The smallest absolute Gasteiger partial charge is 0.226 e.